The van der Waals surface area contributed by atoms with Gasteiger partial charge in [-0.3, -0.25) is 19.2 Å². The lowest BCUT2D eigenvalue weighted by Gasteiger charge is -1.94. The number of hydrogen-bond acceptors (Lipinski definition) is 9. The van der Waals surface area contributed by atoms with Crippen LogP contribution < -0.4 is 0 Å². The number of carbonyl (C=O) groups excluding carboxylic acids is 4. The molecule has 9 heteroatoms. The number of carbonyl (C=O) groups is 4. The van der Waals surface area contributed by atoms with E-state index < -0.39 is 0 Å². The van der Waals surface area contributed by atoms with Gasteiger partial charge in [-0.1, -0.05) is 48.5 Å². The number of aromatic nitrogens is 2. The van der Waals surface area contributed by atoms with Crippen molar-refractivity contribution in [2.45, 2.75) is 0 Å². The molecular formula is C30H12N2O4S3. The molecule has 6 aromatic rings. The van der Waals surface area contributed by atoms with E-state index in [-0.39, 0.29) is 34.3 Å². The highest BCUT2D eigenvalue weighted by molar-refractivity contribution is 7.28. The Morgan fingerprint density at radius 2 is 0.897 bits per heavy atom. The van der Waals surface area contributed by atoms with Gasteiger partial charge >= 0.3 is 0 Å². The van der Waals surface area contributed by atoms with Crippen LogP contribution in [0, 0.1) is 0 Å². The third-order valence-electron chi connectivity index (χ3n) is 7.09. The molecule has 2 aliphatic carbocycles. The van der Waals surface area contributed by atoms with Gasteiger partial charge in [-0.25, -0.2) is 0 Å². The number of Topliss-reactive ketones (excluding diaryl/α,β-unsaturated/α-hetero) is 4. The van der Waals surface area contributed by atoms with Crippen molar-refractivity contribution in [3.63, 3.8) is 0 Å². The molecule has 184 valence electrons. The van der Waals surface area contributed by atoms with Gasteiger partial charge in [-0.2, -0.15) is 8.75 Å². The average Bonchev–Trinajstić information content (AvgIpc) is 3.76. The van der Waals surface area contributed by atoms with Gasteiger partial charge in [0.2, 0.25) is 0 Å². The zero-order valence-corrected chi connectivity index (χ0v) is 22.1. The number of hydrogen-bond donors (Lipinski definition) is 0. The number of fused-ring (bicyclic) bond motifs is 8. The molecule has 3 aromatic carbocycles. The van der Waals surface area contributed by atoms with Crippen LogP contribution in [0.5, 0.6) is 0 Å². The van der Waals surface area contributed by atoms with Crippen molar-refractivity contribution in [1.82, 2.24) is 8.75 Å². The van der Waals surface area contributed by atoms with Crippen molar-refractivity contribution in [3.05, 3.63) is 104 Å². The van der Waals surface area contributed by atoms with E-state index in [1.807, 2.05) is 12.1 Å². The van der Waals surface area contributed by atoms with Crippen LogP contribution in [0.25, 0.3) is 43.4 Å². The second-order valence-corrected chi connectivity index (χ2v) is 12.0. The molecule has 0 radical (unpaired) electrons. The SMILES string of the molecule is O=C1C(=Cc2cc3c4nsnc4c4cc(C=C5C(=O)c6ccccc6C5=O)sc4c3s2)C(=O)c2ccccc21. The molecule has 0 saturated carbocycles. The number of thiophene rings is 2. The summed E-state index contributed by atoms with van der Waals surface area (Å²) in [5, 5.41) is 1.78. The van der Waals surface area contributed by atoms with E-state index in [1.165, 1.54) is 22.7 Å². The summed E-state index contributed by atoms with van der Waals surface area (Å²) in [5.41, 5.74) is 3.51. The predicted octanol–water partition coefficient (Wildman–Crippen LogP) is 7.05. The van der Waals surface area contributed by atoms with Crippen molar-refractivity contribution >= 4 is 101 Å². The minimum Gasteiger partial charge on any atom is -0.288 e. The largest absolute Gasteiger partial charge is 0.288 e. The van der Waals surface area contributed by atoms with Gasteiger partial charge in [0, 0.05) is 42.8 Å². The van der Waals surface area contributed by atoms with Gasteiger partial charge in [0.1, 0.15) is 11.0 Å². The van der Waals surface area contributed by atoms with E-state index in [2.05, 4.69) is 8.75 Å². The van der Waals surface area contributed by atoms with Crippen LogP contribution in [0.3, 0.4) is 0 Å². The maximum absolute atomic E-state index is 12.9. The third kappa shape index (κ3) is 3.12. The van der Waals surface area contributed by atoms with Gasteiger partial charge in [0.15, 0.2) is 23.1 Å². The fourth-order valence-corrected chi connectivity index (χ4v) is 8.22. The van der Waals surface area contributed by atoms with Crippen LogP contribution in [0.2, 0.25) is 0 Å². The summed E-state index contributed by atoms with van der Waals surface area (Å²) < 4.78 is 11.0. The van der Waals surface area contributed by atoms with Crippen LogP contribution in [0.15, 0.2) is 71.8 Å². The minimum atomic E-state index is -0.268. The van der Waals surface area contributed by atoms with E-state index in [1.54, 1.807) is 60.7 Å². The fraction of sp³-hybridized carbons (Fsp3) is 0. The summed E-state index contributed by atoms with van der Waals surface area (Å²) in [6.07, 6.45) is 3.33. The van der Waals surface area contributed by atoms with Crippen LogP contribution in [0.4, 0.5) is 0 Å². The standard InChI is InChI=1S/C30H12N2O4S3/c33-25-15-5-1-2-6-16(15)26(34)21(25)11-13-9-19-23-24(32-39-31-23)20-10-14(38-30(20)29(19)37-13)12-22-27(35)17-7-3-4-8-18(17)28(22)36/h1-12H. The van der Waals surface area contributed by atoms with Crippen LogP contribution in [-0.4, -0.2) is 31.9 Å². The Morgan fingerprint density at radius 3 is 1.26 bits per heavy atom. The maximum atomic E-state index is 12.9. The molecule has 0 atom stereocenters. The van der Waals surface area contributed by atoms with Crippen molar-refractivity contribution in [3.8, 4) is 0 Å². The minimum absolute atomic E-state index is 0.154. The first-order chi connectivity index (χ1) is 19.0. The van der Waals surface area contributed by atoms with Crippen molar-refractivity contribution in [1.29, 1.82) is 0 Å². The summed E-state index contributed by atoms with van der Waals surface area (Å²) in [4.78, 5) is 53.3. The quantitative estimate of drug-likeness (QED) is 0.166. The molecule has 8 rings (SSSR count). The molecule has 3 aromatic heterocycles. The molecule has 0 saturated heterocycles. The molecule has 0 N–H and O–H groups in total. The molecule has 0 fully saturated rings. The normalized spacial score (nSPS) is 14.8. The first-order valence-electron chi connectivity index (χ1n) is 11.9. The lowest BCUT2D eigenvalue weighted by molar-refractivity contribution is 0.0975. The van der Waals surface area contributed by atoms with Crippen molar-refractivity contribution in [2.75, 3.05) is 0 Å². The summed E-state index contributed by atoms with van der Waals surface area (Å²) >= 11 is 4.06. The van der Waals surface area contributed by atoms with Crippen LogP contribution in [-0.2, 0) is 0 Å². The number of benzene rings is 3. The van der Waals surface area contributed by atoms with E-state index in [9.17, 15) is 19.2 Å². The first-order valence-corrected chi connectivity index (χ1v) is 14.3. The van der Waals surface area contributed by atoms with Gasteiger partial charge < -0.3 is 0 Å². The van der Waals surface area contributed by atoms with Crippen molar-refractivity contribution < 1.29 is 19.2 Å². The lowest BCUT2D eigenvalue weighted by atomic mass is 10.1. The molecular weight excluding hydrogens is 549 g/mol. The van der Waals surface area contributed by atoms with Gasteiger partial charge in [0.25, 0.3) is 0 Å². The summed E-state index contributed by atoms with van der Waals surface area (Å²) in [6.45, 7) is 0. The fourth-order valence-electron chi connectivity index (χ4n) is 5.29. The Bertz CT molecular complexity index is 1980. The molecule has 2 aliphatic rings. The Balaban J connectivity index is 1.29. The van der Waals surface area contributed by atoms with E-state index >= 15 is 0 Å². The number of rotatable bonds is 2. The van der Waals surface area contributed by atoms with Gasteiger partial charge in [-0.15, -0.1) is 22.7 Å². The monoisotopic (exact) mass is 560 g/mol. The molecule has 0 amide bonds. The Morgan fingerprint density at radius 1 is 0.538 bits per heavy atom. The third-order valence-corrected chi connectivity index (χ3v) is 9.95. The molecule has 0 aliphatic heterocycles. The number of allylic oxidation sites excluding steroid dienone is 2. The average molecular weight is 561 g/mol. The van der Waals surface area contributed by atoms with E-state index in [0.717, 1.165) is 52.7 Å². The molecule has 39 heavy (non-hydrogen) atoms. The highest BCUT2D eigenvalue weighted by atomic mass is 32.1. The van der Waals surface area contributed by atoms with Crippen molar-refractivity contribution in [2.24, 2.45) is 0 Å². The van der Waals surface area contributed by atoms with Crippen LogP contribution >= 0.6 is 34.4 Å². The maximum Gasteiger partial charge on any atom is 0.197 e. The molecule has 3 heterocycles. The second kappa shape index (κ2) is 8.03. The topological polar surface area (TPSA) is 94.1 Å². The zero-order chi connectivity index (χ0) is 26.4. The highest BCUT2D eigenvalue weighted by Gasteiger charge is 2.34. The van der Waals surface area contributed by atoms with Gasteiger partial charge in [-0.05, 0) is 24.3 Å². The Kier molecular flexibility index (Phi) is 4.64. The van der Waals surface area contributed by atoms with E-state index in [4.69, 9.17) is 0 Å². The lowest BCUT2D eigenvalue weighted by Crippen LogP contribution is -1.99. The second-order valence-electron chi connectivity index (χ2n) is 9.27. The van der Waals surface area contributed by atoms with Gasteiger partial charge in [0.05, 0.1) is 32.3 Å². The highest BCUT2D eigenvalue weighted by Crippen LogP contribution is 2.44. The molecule has 6 nitrogen and oxygen atoms in total. The number of ketones is 4. The molecule has 0 bridgehead atoms. The smallest absolute Gasteiger partial charge is 0.197 e. The first kappa shape index (κ1) is 22.5. The summed E-state index contributed by atoms with van der Waals surface area (Å²) in [7, 11) is 0. The Hall–Kier alpha value is -4.44. The molecule has 0 unspecified atom stereocenters. The van der Waals surface area contributed by atoms with Crippen LogP contribution in [0.1, 0.15) is 51.2 Å². The zero-order valence-electron chi connectivity index (χ0n) is 19.7. The summed E-state index contributed by atoms with van der Waals surface area (Å²) in [5.74, 6) is -1.07. The van der Waals surface area contributed by atoms with E-state index in [0.29, 0.717) is 22.3 Å². The predicted molar refractivity (Wildman–Crippen MR) is 154 cm³/mol. The summed E-state index contributed by atoms with van der Waals surface area (Å²) in [6, 6.07) is 17.6. The number of nitrogens with zero attached hydrogens (tertiary/aromatic N) is 2. The molecule has 0 spiro atoms. The Labute approximate surface area is 231 Å².